The van der Waals surface area contributed by atoms with Gasteiger partial charge in [-0.3, -0.25) is 0 Å². The predicted molar refractivity (Wildman–Crippen MR) is 61.3 cm³/mol. The monoisotopic (exact) mass is 216 g/mol. The molecule has 0 spiro atoms. The van der Waals surface area contributed by atoms with E-state index in [-0.39, 0.29) is 5.88 Å². The number of hydrogen-bond donors (Lipinski definition) is 3. The number of hydrogen-bond acceptors (Lipinski definition) is 5. The van der Waals surface area contributed by atoms with Gasteiger partial charge < -0.3 is 16.2 Å². The Kier molecular flexibility index (Phi) is 2.98. The van der Waals surface area contributed by atoms with E-state index >= 15 is 0 Å². The molecule has 0 aliphatic rings. The number of anilines is 2. The second-order valence-corrected chi connectivity index (χ2v) is 3.29. The van der Waals surface area contributed by atoms with Crippen LogP contribution in [-0.4, -0.2) is 15.1 Å². The van der Waals surface area contributed by atoms with Gasteiger partial charge in [-0.2, -0.15) is 0 Å². The second-order valence-electron chi connectivity index (χ2n) is 3.29. The standard InChI is InChI=1S/C11H12N4O/c12-6-8-2-1-3-9(4-8)15-10-5-11(16)14-7-13-10/h1-5,7H,6,12H2,(H2,13,14,15,16). The zero-order valence-corrected chi connectivity index (χ0v) is 8.59. The lowest BCUT2D eigenvalue weighted by molar-refractivity contribution is 0.452. The summed E-state index contributed by atoms with van der Waals surface area (Å²) in [4.78, 5) is 7.58. The third-order valence-corrected chi connectivity index (χ3v) is 2.09. The molecule has 82 valence electrons. The Morgan fingerprint density at radius 2 is 2.12 bits per heavy atom. The first-order valence-corrected chi connectivity index (χ1v) is 4.85. The van der Waals surface area contributed by atoms with Crippen LogP contribution in [0.25, 0.3) is 0 Å². The van der Waals surface area contributed by atoms with E-state index in [0.717, 1.165) is 11.3 Å². The molecule has 0 bridgehead atoms. The maximum absolute atomic E-state index is 9.18. The quantitative estimate of drug-likeness (QED) is 0.722. The molecule has 5 heteroatoms. The highest BCUT2D eigenvalue weighted by atomic mass is 16.3. The molecule has 1 aromatic heterocycles. The number of aromatic nitrogens is 2. The van der Waals surface area contributed by atoms with Crippen molar-refractivity contribution in [2.75, 3.05) is 5.32 Å². The fourth-order valence-corrected chi connectivity index (χ4v) is 1.34. The number of nitrogens with one attached hydrogen (secondary N) is 1. The van der Waals surface area contributed by atoms with E-state index in [0.29, 0.717) is 12.4 Å². The minimum absolute atomic E-state index is 0.0625. The molecule has 5 nitrogen and oxygen atoms in total. The van der Waals surface area contributed by atoms with Crippen molar-refractivity contribution in [1.29, 1.82) is 0 Å². The van der Waals surface area contributed by atoms with Crippen molar-refractivity contribution < 1.29 is 5.11 Å². The van der Waals surface area contributed by atoms with Crippen molar-refractivity contribution in [3.8, 4) is 5.88 Å². The van der Waals surface area contributed by atoms with Crippen molar-refractivity contribution in [2.45, 2.75) is 6.54 Å². The Morgan fingerprint density at radius 1 is 1.25 bits per heavy atom. The van der Waals surface area contributed by atoms with Crippen molar-refractivity contribution in [3.63, 3.8) is 0 Å². The second kappa shape index (κ2) is 4.59. The molecule has 0 fully saturated rings. The normalized spacial score (nSPS) is 10.1. The molecule has 0 aliphatic heterocycles. The predicted octanol–water partition coefficient (Wildman–Crippen LogP) is 1.38. The summed E-state index contributed by atoms with van der Waals surface area (Å²) in [5.74, 6) is 0.481. The molecular weight excluding hydrogens is 204 g/mol. The summed E-state index contributed by atoms with van der Waals surface area (Å²) in [6.45, 7) is 0.491. The Bertz CT molecular complexity index is 487. The SMILES string of the molecule is NCc1cccc(Nc2cc(O)ncn2)c1. The molecule has 1 aromatic carbocycles. The summed E-state index contributed by atoms with van der Waals surface area (Å²) < 4.78 is 0. The zero-order valence-electron chi connectivity index (χ0n) is 8.59. The number of aromatic hydroxyl groups is 1. The van der Waals surface area contributed by atoms with Gasteiger partial charge in [-0.15, -0.1) is 0 Å². The topological polar surface area (TPSA) is 84.1 Å². The van der Waals surface area contributed by atoms with Gasteiger partial charge in [0.2, 0.25) is 5.88 Å². The van der Waals surface area contributed by atoms with Crippen LogP contribution in [0.1, 0.15) is 5.56 Å². The highest BCUT2D eigenvalue weighted by Crippen LogP contribution is 2.17. The van der Waals surface area contributed by atoms with Gasteiger partial charge in [-0.1, -0.05) is 12.1 Å². The van der Waals surface area contributed by atoms with Crippen LogP contribution in [0.5, 0.6) is 5.88 Å². The molecule has 0 amide bonds. The Hall–Kier alpha value is -2.14. The average molecular weight is 216 g/mol. The van der Waals surface area contributed by atoms with Crippen molar-refractivity contribution in [1.82, 2.24) is 9.97 Å². The fraction of sp³-hybridized carbons (Fsp3) is 0.0909. The first kappa shape index (κ1) is 10.4. The first-order chi connectivity index (χ1) is 7.78. The summed E-state index contributed by atoms with van der Waals surface area (Å²) in [6, 6.07) is 9.14. The van der Waals surface area contributed by atoms with E-state index in [9.17, 15) is 5.11 Å². The number of rotatable bonds is 3. The Balaban J connectivity index is 2.20. The summed E-state index contributed by atoms with van der Waals surface area (Å²) in [6.07, 6.45) is 1.30. The molecule has 0 aliphatic carbocycles. The van der Waals surface area contributed by atoms with Crippen LogP contribution in [0.4, 0.5) is 11.5 Å². The molecule has 1 heterocycles. The highest BCUT2D eigenvalue weighted by molar-refractivity contribution is 5.57. The highest BCUT2D eigenvalue weighted by Gasteiger charge is 1.98. The summed E-state index contributed by atoms with van der Waals surface area (Å²) in [7, 11) is 0. The molecule has 4 N–H and O–H groups in total. The van der Waals surface area contributed by atoms with Gasteiger partial charge in [0.15, 0.2) is 0 Å². The van der Waals surface area contributed by atoms with Crippen LogP contribution >= 0.6 is 0 Å². The van der Waals surface area contributed by atoms with E-state index in [4.69, 9.17) is 5.73 Å². The molecule has 16 heavy (non-hydrogen) atoms. The number of benzene rings is 1. The maximum atomic E-state index is 9.18. The lowest BCUT2D eigenvalue weighted by atomic mass is 10.2. The van der Waals surface area contributed by atoms with Crippen LogP contribution in [-0.2, 0) is 6.54 Å². The van der Waals surface area contributed by atoms with Crippen LogP contribution < -0.4 is 11.1 Å². The van der Waals surface area contributed by atoms with E-state index in [1.54, 1.807) is 0 Å². The minimum Gasteiger partial charge on any atom is -0.493 e. The number of nitrogens with zero attached hydrogens (tertiary/aromatic N) is 2. The summed E-state index contributed by atoms with van der Waals surface area (Å²) >= 11 is 0. The lowest BCUT2D eigenvalue weighted by Gasteiger charge is -2.06. The molecule has 0 radical (unpaired) electrons. The summed E-state index contributed by atoms with van der Waals surface area (Å²) in [5.41, 5.74) is 7.45. The van der Waals surface area contributed by atoms with E-state index in [1.807, 2.05) is 24.3 Å². The van der Waals surface area contributed by atoms with Crippen LogP contribution in [0.15, 0.2) is 36.7 Å². The third-order valence-electron chi connectivity index (χ3n) is 2.09. The van der Waals surface area contributed by atoms with Gasteiger partial charge in [0.05, 0.1) is 0 Å². The molecule has 2 rings (SSSR count). The van der Waals surface area contributed by atoms with E-state index in [1.165, 1.54) is 12.4 Å². The van der Waals surface area contributed by atoms with Gasteiger partial charge >= 0.3 is 0 Å². The third kappa shape index (κ3) is 2.46. The Labute approximate surface area is 93.0 Å². The Morgan fingerprint density at radius 3 is 2.88 bits per heavy atom. The zero-order chi connectivity index (χ0) is 11.4. The minimum atomic E-state index is -0.0625. The van der Waals surface area contributed by atoms with Gasteiger partial charge in [-0.25, -0.2) is 9.97 Å². The molecule has 2 aromatic rings. The van der Waals surface area contributed by atoms with Crippen LogP contribution in [0.2, 0.25) is 0 Å². The van der Waals surface area contributed by atoms with Crippen molar-refractivity contribution in [2.24, 2.45) is 5.73 Å². The lowest BCUT2D eigenvalue weighted by Crippen LogP contribution is -1.98. The number of nitrogens with two attached hydrogens (primary N) is 1. The van der Waals surface area contributed by atoms with Crippen molar-refractivity contribution >= 4 is 11.5 Å². The molecular formula is C11H12N4O. The smallest absolute Gasteiger partial charge is 0.215 e. The van der Waals surface area contributed by atoms with Crippen LogP contribution in [0, 0.1) is 0 Å². The fourth-order valence-electron chi connectivity index (χ4n) is 1.34. The maximum Gasteiger partial charge on any atom is 0.215 e. The molecule has 0 atom stereocenters. The largest absolute Gasteiger partial charge is 0.493 e. The molecule has 0 saturated carbocycles. The van der Waals surface area contributed by atoms with Gasteiger partial charge in [-0.05, 0) is 17.7 Å². The van der Waals surface area contributed by atoms with E-state index in [2.05, 4.69) is 15.3 Å². The summed E-state index contributed by atoms with van der Waals surface area (Å²) in [5, 5.41) is 12.2. The van der Waals surface area contributed by atoms with Gasteiger partial charge in [0.1, 0.15) is 12.1 Å². The van der Waals surface area contributed by atoms with Gasteiger partial charge in [0.25, 0.3) is 0 Å². The van der Waals surface area contributed by atoms with Gasteiger partial charge in [0, 0.05) is 18.3 Å². The first-order valence-electron chi connectivity index (χ1n) is 4.85. The van der Waals surface area contributed by atoms with Crippen molar-refractivity contribution in [3.05, 3.63) is 42.2 Å². The molecule has 0 saturated heterocycles. The van der Waals surface area contributed by atoms with E-state index < -0.39 is 0 Å². The van der Waals surface area contributed by atoms with Crippen LogP contribution in [0.3, 0.4) is 0 Å². The molecule has 0 unspecified atom stereocenters. The average Bonchev–Trinajstić information content (AvgIpc) is 2.29.